The minimum atomic E-state index is -0.328. The lowest BCUT2D eigenvalue weighted by Crippen LogP contribution is -2.30. The minimum absolute atomic E-state index is 0.0506. The van der Waals surface area contributed by atoms with Crippen molar-refractivity contribution in [1.82, 2.24) is 9.78 Å². The second-order valence-electron chi connectivity index (χ2n) is 4.43. The first-order chi connectivity index (χ1) is 8.22. The van der Waals surface area contributed by atoms with Gasteiger partial charge in [0.05, 0.1) is 0 Å². The molecule has 1 aliphatic rings. The maximum atomic E-state index is 11.3. The molecule has 0 aliphatic heterocycles. The Bertz CT molecular complexity index is 392. The number of esters is 1. The molecular weight excluding hydrogens is 240 g/mol. The summed E-state index contributed by atoms with van der Waals surface area (Å²) in [6.07, 6.45) is 5.97. The normalized spacial score (nSPS) is 24.6. The molecule has 94 valence electrons. The van der Waals surface area contributed by atoms with Crippen LogP contribution in [0.25, 0.3) is 0 Å². The zero-order chi connectivity index (χ0) is 12.3. The van der Waals surface area contributed by atoms with Gasteiger partial charge in [-0.1, -0.05) is 6.42 Å². The van der Waals surface area contributed by atoms with Crippen molar-refractivity contribution >= 4 is 17.6 Å². The molecule has 0 N–H and O–H groups in total. The number of alkyl halides is 1. The van der Waals surface area contributed by atoms with Crippen molar-refractivity contribution < 1.29 is 9.53 Å². The highest BCUT2D eigenvalue weighted by Crippen LogP contribution is 2.34. The predicted molar refractivity (Wildman–Crippen MR) is 65.0 cm³/mol. The van der Waals surface area contributed by atoms with Gasteiger partial charge in [-0.2, -0.15) is 5.10 Å². The zero-order valence-corrected chi connectivity index (χ0v) is 10.7. The SMILES string of the molecule is Cn1nccc1[C@H]1CCCC[C@@H]1OC(=O)CCl. The van der Waals surface area contributed by atoms with Crippen LogP contribution in [0.3, 0.4) is 0 Å². The summed E-state index contributed by atoms with van der Waals surface area (Å²) in [5, 5.41) is 4.18. The number of aryl methyl sites for hydroxylation is 1. The second-order valence-corrected chi connectivity index (χ2v) is 4.70. The largest absolute Gasteiger partial charge is 0.461 e. The van der Waals surface area contributed by atoms with E-state index in [1.54, 1.807) is 6.20 Å². The predicted octanol–water partition coefficient (Wildman–Crippen LogP) is 2.23. The standard InChI is InChI=1S/C12H17ClN2O2/c1-15-10(6-7-14-15)9-4-2-3-5-11(9)17-12(16)8-13/h6-7,9,11H,2-5,8H2,1H3/t9-,11+/m1/s1. The molecule has 1 saturated carbocycles. The highest BCUT2D eigenvalue weighted by atomic mass is 35.5. The van der Waals surface area contributed by atoms with Crippen molar-refractivity contribution in [3.05, 3.63) is 18.0 Å². The summed E-state index contributed by atoms with van der Waals surface area (Å²) < 4.78 is 7.28. The topological polar surface area (TPSA) is 44.1 Å². The maximum Gasteiger partial charge on any atom is 0.321 e. The van der Waals surface area contributed by atoms with Gasteiger partial charge in [-0.25, -0.2) is 0 Å². The van der Waals surface area contributed by atoms with Crippen molar-refractivity contribution in [2.45, 2.75) is 37.7 Å². The molecule has 0 spiro atoms. The Morgan fingerprint density at radius 1 is 1.59 bits per heavy atom. The van der Waals surface area contributed by atoms with E-state index >= 15 is 0 Å². The molecule has 17 heavy (non-hydrogen) atoms. The fraction of sp³-hybridized carbons (Fsp3) is 0.667. The van der Waals surface area contributed by atoms with E-state index in [0.717, 1.165) is 25.0 Å². The van der Waals surface area contributed by atoms with E-state index in [4.69, 9.17) is 16.3 Å². The summed E-state index contributed by atoms with van der Waals surface area (Å²) in [6, 6.07) is 2.00. The maximum absolute atomic E-state index is 11.3. The van der Waals surface area contributed by atoms with Gasteiger partial charge in [0.15, 0.2) is 0 Å². The Morgan fingerprint density at radius 3 is 3.00 bits per heavy atom. The van der Waals surface area contributed by atoms with Gasteiger partial charge in [0.1, 0.15) is 12.0 Å². The van der Waals surface area contributed by atoms with Gasteiger partial charge in [-0.05, 0) is 25.3 Å². The number of aromatic nitrogens is 2. The molecule has 0 saturated heterocycles. The molecule has 0 bridgehead atoms. The number of rotatable bonds is 3. The first-order valence-electron chi connectivity index (χ1n) is 5.95. The van der Waals surface area contributed by atoms with Crippen LogP contribution >= 0.6 is 11.6 Å². The van der Waals surface area contributed by atoms with Crippen LogP contribution in [0, 0.1) is 0 Å². The van der Waals surface area contributed by atoms with Crippen molar-refractivity contribution in [2.24, 2.45) is 7.05 Å². The monoisotopic (exact) mass is 256 g/mol. The summed E-state index contributed by atoms with van der Waals surface area (Å²) >= 11 is 5.48. The number of ether oxygens (including phenoxy) is 1. The number of hydrogen-bond donors (Lipinski definition) is 0. The molecule has 1 aromatic rings. The first kappa shape index (κ1) is 12.4. The third-order valence-electron chi connectivity index (χ3n) is 3.33. The van der Waals surface area contributed by atoms with E-state index in [-0.39, 0.29) is 23.9 Å². The van der Waals surface area contributed by atoms with Crippen LogP contribution in [0.2, 0.25) is 0 Å². The molecule has 2 atom stereocenters. The molecule has 0 aromatic carbocycles. The number of carbonyl (C=O) groups excluding carboxylic acids is 1. The van der Waals surface area contributed by atoms with E-state index in [9.17, 15) is 4.79 Å². The Morgan fingerprint density at radius 2 is 2.35 bits per heavy atom. The van der Waals surface area contributed by atoms with Gasteiger partial charge in [-0.3, -0.25) is 9.48 Å². The highest BCUT2D eigenvalue weighted by molar-refractivity contribution is 6.26. The number of hydrogen-bond acceptors (Lipinski definition) is 3. The van der Waals surface area contributed by atoms with Crippen molar-refractivity contribution in [3.8, 4) is 0 Å². The molecule has 1 heterocycles. The Balaban J connectivity index is 2.12. The van der Waals surface area contributed by atoms with E-state index in [1.807, 2.05) is 17.8 Å². The fourth-order valence-electron chi connectivity index (χ4n) is 2.52. The van der Waals surface area contributed by atoms with Gasteiger partial charge < -0.3 is 4.74 Å². The number of carbonyl (C=O) groups is 1. The molecule has 1 aromatic heterocycles. The average molecular weight is 257 g/mol. The van der Waals surface area contributed by atoms with E-state index in [2.05, 4.69) is 5.10 Å². The second kappa shape index (κ2) is 5.54. The summed E-state index contributed by atoms with van der Waals surface area (Å²) in [7, 11) is 1.92. The minimum Gasteiger partial charge on any atom is -0.461 e. The molecule has 0 radical (unpaired) electrons. The fourth-order valence-corrected chi connectivity index (χ4v) is 2.59. The van der Waals surface area contributed by atoms with Crippen LogP contribution < -0.4 is 0 Å². The van der Waals surface area contributed by atoms with Gasteiger partial charge in [-0.15, -0.1) is 11.6 Å². The van der Waals surface area contributed by atoms with Crippen molar-refractivity contribution in [3.63, 3.8) is 0 Å². The first-order valence-corrected chi connectivity index (χ1v) is 6.49. The molecular formula is C12H17ClN2O2. The summed E-state index contributed by atoms with van der Waals surface area (Å²) in [6.45, 7) is 0. The third kappa shape index (κ3) is 2.80. The zero-order valence-electron chi connectivity index (χ0n) is 9.93. The summed E-state index contributed by atoms with van der Waals surface area (Å²) in [4.78, 5) is 11.3. The van der Waals surface area contributed by atoms with Crippen LogP contribution in [0.5, 0.6) is 0 Å². The summed E-state index contributed by atoms with van der Waals surface area (Å²) in [5.74, 6) is -0.150. The van der Waals surface area contributed by atoms with Crippen LogP contribution in [-0.4, -0.2) is 27.7 Å². The number of nitrogens with zero attached hydrogens (tertiary/aromatic N) is 2. The molecule has 1 aliphatic carbocycles. The number of halogens is 1. The lowest BCUT2D eigenvalue weighted by atomic mass is 9.84. The highest BCUT2D eigenvalue weighted by Gasteiger charge is 2.31. The molecule has 4 nitrogen and oxygen atoms in total. The van der Waals surface area contributed by atoms with E-state index in [0.29, 0.717) is 0 Å². The van der Waals surface area contributed by atoms with Gasteiger partial charge >= 0.3 is 5.97 Å². The van der Waals surface area contributed by atoms with E-state index in [1.165, 1.54) is 6.42 Å². The Labute approximate surface area is 106 Å². The van der Waals surface area contributed by atoms with Crippen LogP contribution in [0.15, 0.2) is 12.3 Å². The van der Waals surface area contributed by atoms with Crippen LogP contribution in [0.1, 0.15) is 37.3 Å². The van der Waals surface area contributed by atoms with Gasteiger partial charge in [0, 0.05) is 24.9 Å². The molecule has 0 unspecified atom stereocenters. The van der Waals surface area contributed by atoms with Crippen molar-refractivity contribution in [1.29, 1.82) is 0 Å². The quantitative estimate of drug-likeness (QED) is 0.615. The molecule has 2 rings (SSSR count). The van der Waals surface area contributed by atoms with Crippen LogP contribution in [0.4, 0.5) is 0 Å². The summed E-state index contributed by atoms with van der Waals surface area (Å²) in [5.41, 5.74) is 1.14. The molecule has 0 amide bonds. The smallest absolute Gasteiger partial charge is 0.321 e. The van der Waals surface area contributed by atoms with Gasteiger partial charge in [0.25, 0.3) is 0 Å². The Kier molecular flexibility index (Phi) is 4.05. The van der Waals surface area contributed by atoms with E-state index < -0.39 is 0 Å². The lowest BCUT2D eigenvalue weighted by Gasteiger charge is -2.31. The average Bonchev–Trinajstić information content (AvgIpc) is 2.76. The Hall–Kier alpha value is -1.03. The third-order valence-corrected chi connectivity index (χ3v) is 3.55. The van der Waals surface area contributed by atoms with Gasteiger partial charge in [0.2, 0.25) is 0 Å². The lowest BCUT2D eigenvalue weighted by molar-refractivity contribution is -0.148. The van der Waals surface area contributed by atoms with Crippen molar-refractivity contribution in [2.75, 3.05) is 5.88 Å². The van der Waals surface area contributed by atoms with Crippen LogP contribution in [-0.2, 0) is 16.6 Å². The molecule has 5 heteroatoms. The molecule has 1 fully saturated rings.